The quantitative estimate of drug-likeness (QED) is 0.561. The van der Waals surface area contributed by atoms with Gasteiger partial charge in [0.25, 0.3) is 0 Å². The summed E-state index contributed by atoms with van der Waals surface area (Å²) in [5.74, 6) is 0.638. The standard InChI is InChI=1S/C15H27FO/c1-13(9-11-15(3,4)17-5)7-6-8-14(2)10-12-16/h6,8,10,13H,7,9,11-12H2,1-5H3/b8-6+,14-10+. The molecule has 0 radical (unpaired) electrons. The van der Waals surface area contributed by atoms with Crippen LogP contribution in [0.5, 0.6) is 0 Å². The highest BCUT2D eigenvalue weighted by Gasteiger charge is 2.16. The van der Waals surface area contributed by atoms with E-state index in [-0.39, 0.29) is 12.3 Å². The molecule has 0 amide bonds. The third-order valence-corrected chi connectivity index (χ3v) is 3.11. The van der Waals surface area contributed by atoms with Gasteiger partial charge in [-0.3, -0.25) is 0 Å². The molecule has 0 aromatic carbocycles. The smallest absolute Gasteiger partial charge is 0.108 e. The minimum Gasteiger partial charge on any atom is -0.379 e. The number of alkyl halides is 1. The normalized spacial score (nSPS) is 15.5. The molecule has 0 saturated carbocycles. The Kier molecular flexibility index (Phi) is 8.15. The second-order valence-electron chi connectivity index (χ2n) is 5.35. The lowest BCUT2D eigenvalue weighted by atomic mass is 9.94. The summed E-state index contributed by atoms with van der Waals surface area (Å²) in [4.78, 5) is 0. The number of methoxy groups -OCH3 is 1. The summed E-state index contributed by atoms with van der Waals surface area (Å²) in [6, 6.07) is 0. The van der Waals surface area contributed by atoms with Crippen molar-refractivity contribution in [1.29, 1.82) is 0 Å². The first kappa shape index (κ1) is 16.4. The SMILES string of the molecule is COC(C)(C)CCC(C)C/C=C/C(C)=C/CF. The number of rotatable bonds is 8. The zero-order valence-corrected chi connectivity index (χ0v) is 11.9. The van der Waals surface area contributed by atoms with Gasteiger partial charge in [-0.05, 0) is 46.0 Å². The summed E-state index contributed by atoms with van der Waals surface area (Å²) in [5.41, 5.74) is 0.971. The summed E-state index contributed by atoms with van der Waals surface area (Å²) in [5, 5.41) is 0. The van der Waals surface area contributed by atoms with Gasteiger partial charge < -0.3 is 4.74 Å². The summed E-state index contributed by atoms with van der Waals surface area (Å²) in [6.07, 6.45) is 8.98. The first-order valence-electron chi connectivity index (χ1n) is 6.35. The molecule has 0 aromatic heterocycles. The molecule has 0 fully saturated rings. The highest BCUT2D eigenvalue weighted by atomic mass is 19.1. The van der Waals surface area contributed by atoms with Crippen molar-refractivity contribution in [3.05, 3.63) is 23.8 Å². The predicted octanol–water partition coefficient (Wildman–Crippen LogP) is 4.69. The Labute approximate surface area is 106 Å². The average molecular weight is 242 g/mol. The molecule has 0 aliphatic heterocycles. The molecule has 0 N–H and O–H groups in total. The van der Waals surface area contributed by atoms with Crippen LogP contribution in [0.2, 0.25) is 0 Å². The van der Waals surface area contributed by atoms with Crippen LogP contribution in [0, 0.1) is 5.92 Å². The van der Waals surface area contributed by atoms with E-state index in [0.717, 1.165) is 24.8 Å². The van der Waals surface area contributed by atoms with Crippen molar-refractivity contribution in [2.45, 2.75) is 52.6 Å². The second kappa shape index (κ2) is 8.46. The molecule has 2 heteroatoms. The van der Waals surface area contributed by atoms with Gasteiger partial charge in [-0.1, -0.05) is 30.7 Å². The molecular weight excluding hydrogens is 215 g/mol. The van der Waals surface area contributed by atoms with Crippen molar-refractivity contribution in [1.82, 2.24) is 0 Å². The summed E-state index contributed by atoms with van der Waals surface area (Å²) < 4.78 is 17.4. The van der Waals surface area contributed by atoms with Crippen LogP contribution in [0.3, 0.4) is 0 Å². The Morgan fingerprint density at radius 3 is 2.59 bits per heavy atom. The van der Waals surface area contributed by atoms with E-state index in [0.29, 0.717) is 5.92 Å². The maximum atomic E-state index is 12.0. The fraction of sp³-hybridized carbons (Fsp3) is 0.733. The topological polar surface area (TPSA) is 9.23 Å². The third-order valence-electron chi connectivity index (χ3n) is 3.11. The molecule has 0 rings (SSSR count). The maximum Gasteiger partial charge on any atom is 0.108 e. The van der Waals surface area contributed by atoms with Crippen LogP contribution < -0.4 is 0 Å². The van der Waals surface area contributed by atoms with E-state index >= 15 is 0 Å². The molecule has 0 aliphatic rings. The highest BCUT2D eigenvalue weighted by Crippen LogP contribution is 2.21. The van der Waals surface area contributed by atoms with Gasteiger partial charge in [-0.15, -0.1) is 0 Å². The van der Waals surface area contributed by atoms with Gasteiger partial charge in [0.15, 0.2) is 0 Å². The van der Waals surface area contributed by atoms with Gasteiger partial charge >= 0.3 is 0 Å². The lowest BCUT2D eigenvalue weighted by molar-refractivity contribution is 0.0109. The van der Waals surface area contributed by atoms with Crippen molar-refractivity contribution < 1.29 is 9.13 Å². The summed E-state index contributed by atoms with van der Waals surface area (Å²) in [7, 11) is 1.76. The maximum absolute atomic E-state index is 12.0. The summed E-state index contributed by atoms with van der Waals surface area (Å²) in [6.45, 7) is 8.01. The van der Waals surface area contributed by atoms with Crippen molar-refractivity contribution in [2.75, 3.05) is 13.8 Å². The Hall–Kier alpha value is -0.630. The van der Waals surface area contributed by atoms with Gasteiger partial charge in [-0.2, -0.15) is 0 Å². The van der Waals surface area contributed by atoms with E-state index in [1.807, 2.05) is 13.0 Å². The molecule has 0 aliphatic carbocycles. The Morgan fingerprint density at radius 1 is 1.41 bits per heavy atom. The van der Waals surface area contributed by atoms with Gasteiger partial charge in [0.2, 0.25) is 0 Å². The van der Waals surface area contributed by atoms with E-state index in [4.69, 9.17) is 4.74 Å². The van der Waals surface area contributed by atoms with Crippen molar-refractivity contribution >= 4 is 0 Å². The largest absolute Gasteiger partial charge is 0.379 e. The number of halogens is 1. The molecule has 0 saturated heterocycles. The number of hydrogen-bond donors (Lipinski definition) is 0. The molecule has 1 nitrogen and oxygen atoms in total. The molecule has 1 unspecified atom stereocenters. The molecule has 0 bridgehead atoms. The van der Waals surface area contributed by atoms with E-state index < -0.39 is 0 Å². The van der Waals surface area contributed by atoms with Gasteiger partial charge in [0, 0.05) is 7.11 Å². The van der Waals surface area contributed by atoms with E-state index in [1.165, 1.54) is 0 Å². The molecule has 100 valence electrons. The average Bonchev–Trinajstić information content (AvgIpc) is 2.27. The number of hydrogen-bond acceptors (Lipinski definition) is 1. The minimum atomic E-state index is -0.381. The first-order chi connectivity index (χ1) is 7.91. The lowest BCUT2D eigenvalue weighted by Gasteiger charge is -2.24. The molecule has 0 spiro atoms. The van der Waals surface area contributed by atoms with Crippen LogP contribution >= 0.6 is 0 Å². The monoisotopic (exact) mass is 242 g/mol. The molecule has 1 atom stereocenters. The highest BCUT2D eigenvalue weighted by molar-refractivity contribution is 5.15. The fourth-order valence-electron chi connectivity index (χ4n) is 1.49. The first-order valence-corrected chi connectivity index (χ1v) is 6.35. The van der Waals surface area contributed by atoms with Crippen molar-refractivity contribution in [3.8, 4) is 0 Å². The second-order valence-corrected chi connectivity index (χ2v) is 5.35. The number of allylic oxidation sites excluding steroid dienone is 4. The van der Waals surface area contributed by atoms with Crippen LogP contribution in [-0.4, -0.2) is 19.4 Å². The number of ether oxygens (including phenoxy) is 1. The van der Waals surface area contributed by atoms with Gasteiger partial charge in [0.05, 0.1) is 5.60 Å². The van der Waals surface area contributed by atoms with Gasteiger partial charge in [0.1, 0.15) is 6.67 Å². The third kappa shape index (κ3) is 9.11. The zero-order valence-electron chi connectivity index (χ0n) is 11.9. The van der Waals surface area contributed by atoms with E-state index in [9.17, 15) is 4.39 Å². The Bertz CT molecular complexity index is 254. The Morgan fingerprint density at radius 2 is 2.06 bits per heavy atom. The lowest BCUT2D eigenvalue weighted by Crippen LogP contribution is -2.22. The van der Waals surface area contributed by atoms with Gasteiger partial charge in [-0.25, -0.2) is 4.39 Å². The van der Waals surface area contributed by atoms with Crippen molar-refractivity contribution in [3.63, 3.8) is 0 Å². The van der Waals surface area contributed by atoms with Crippen molar-refractivity contribution in [2.24, 2.45) is 5.92 Å². The van der Waals surface area contributed by atoms with E-state index in [2.05, 4.69) is 26.8 Å². The van der Waals surface area contributed by atoms with Crippen LogP contribution in [0.25, 0.3) is 0 Å². The van der Waals surface area contributed by atoms with Crippen LogP contribution in [0.15, 0.2) is 23.8 Å². The van der Waals surface area contributed by atoms with Crippen LogP contribution in [0.4, 0.5) is 4.39 Å². The van der Waals surface area contributed by atoms with E-state index in [1.54, 1.807) is 13.2 Å². The molecule has 0 aromatic rings. The molecular formula is C15H27FO. The fourth-order valence-corrected chi connectivity index (χ4v) is 1.49. The predicted molar refractivity (Wildman–Crippen MR) is 73.0 cm³/mol. The van der Waals surface area contributed by atoms with Crippen LogP contribution in [-0.2, 0) is 4.74 Å². The summed E-state index contributed by atoms with van der Waals surface area (Å²) >= 11 is 0. The van der Waals surface area contributed by atoms with Crippen LogP contribution in [0.1, 0.15) is 47.0 Å². The molecule has 17 heavy (non-hydrogen) atoms. The molecule has 0 heterocycles. The minimum absolute atomic E-state index is 0.0258. The Balaban J connectivity index is 3.88. The zero-order chi connectivity index (χ0) is 13.3.